The van der Waals surface area contributed by atoms with Gasteiger partial charge in [0.15, 0.2) is 0 Å². The second kappa shape index (κ2) is 7.18. The molecule has 2 aromatic carbocycles. The third-order valence-electron chi connectivity index (χ3n) is 4.57. The third-order valence-corrected chi connectivity index (χ3v) is 4.57. The fraction of sp³-hybridized carbons (Fsp3) is 0.300. The molecule has 0 heterocycles. The number of nitriles is 1. The lowest BCUT2D eigenvalue weighted by atomic mass is 9.84. The molecular weight excluding hydrogens is 300 g/mol. The Morgan fingerprint density at radius 2 is 1.71 bits per heavy atom. The zero-order chi connectivity index (χ0) is 16.9. The van der Waals surface area contributed by atoms with Crippen LogP contribution in [-0.2, 0) is 0 Å². The van der Waals surface area contributed by atoms with Gasteiger partial charge in [-0.05, 0) is 54.7 Å². The minimum atomic E-state index is -0.616. The van der Waals surface area contributed by atoms with Gasteiger partial charge in [-0.3, -0.25) is 4.79 Å². The standard InChI is InChI=1S/C20H20N2O2/c21-13-16-12-18(10-11-19(16)20(22)23)24-17-8-6-15(7-9-17)14-4-2-1-3-5-14/h6-12,14H,1-5H2,(H2,22,23). The zero-order valence-electron chi connectivity index (χ0n) is 13.5. The summed E-state index contributed by atoms with van der Waals surface area (Å²) >= 11 is 0. The van der Waals surface area contributed by atoms with E-state index in [4.69, 9.17) is 15.7 Å². The van der Waals surface area contributed by atoms with Gasteiger partial charge in [0, 0.05) is 0 Å². The molecule has 0 spiro atoms. The number of benzene rings is 2. The molecule has 1 fully saturated rings. The molecule has 4 heteroatoms. The largest absolute Gasteiger partial charge is 0.457 e. The van der Waals surface area contributed by atoms with Gasteiger partial charge in [-0.2, -0.15) is 5.26 Å². The fourth-order valence-corrected chi connectivity index (χ4v) is 3.27. The average Bonchev–Trinajstić information content (AvgIpc) is 2.63. The topological polar surface area (TPSA) is 76.1 Å². The Bertz CT molecular complexity index is 769. The molecule has 0 aliphatic heterocycles. The zero-order valence-corrected chi connectivity index (χ0v) is 13.5. The van der Waals surface area contributed by atoms with Gasteiger partial charge in [0.25, 0.3) is 0 Å². The predicted molar refractivity (Wildman–Crippen MR) is 92.0 cm³/mol. The van der Waals surface area contributed by atoms with Crippen LogP contribution in [0.5, 0.6) is 11.5 Å². The highest BCUT2D eigenvalue weighted by molar-refractivity contribution is 5.95. The van der Waals surface area contributed by atoms with E-state index in [0.29, 0.717) is 17.4 Å². The average molecular weight is 320 g/mol. The molecule has 24 heavy (non-hydrogen) atoms. The van der Waals surface area contributed by atoms with Gasteiger partial charge in [-0.25, -0.2) is 0 Å². The van der Waals surface area contributed by atoms with E-state index in [1.807, 2.05) is 18.2 Å². The van der Waals surface area contributed by atoms with Gasteiger partial charge in [0.05, 0.1) is 11.1 Å². The number of carbonyl (C=O) groups is 1. The van der Waals surface area contributed by atoms with Crippen molar-refractivity contribution < 1.29 is 9.53 Å². The first-order valence-corrected chi connectivity index (χ1v) is 8.29. The summed E-state index contributed by atoms with van der Waals surface area (Å²) in [7, 11) is 0. The summed E-state index contributed by atoms with van der Waals surface area (Å²) in [4.78, 5) is 11.3. The van der Waals surface area contributed by atoms with Gasteiger partial charge in [-0.15, -0.1) is 0 Å². The van der Waals surface area contributed by atoms with Crippen LogP contribution in [0.1, 0.15) is 59.5 Å². The smallest absolute Gasteiger partial charge is 0.250 e. The molecule has 1 saturated carbocycles. The second-order valence-electron chi connectivity index (χ2n) is 6.19. The van der Waals surface area contributed by atoms with Crippen molar-refractivity contribution >= 4 is 5.91 Å². The molecule has 1 amide bonds. The molecule has 4 nitrogen and oxygen atoms in total. The maximum atomic E-state index is 11.3. The summed E-state index contributed by atoms with van der Waals surface area (Å²) in [6.45, 7) is 0. The Morgan fingerprint density at radius 1 is 1.04 bits per heavy atom. The van der Waals surface area contributed by atoms with Crippen LogP contribution in [0.4, 0.5) is 0 Å². The summed E-state index contributed by atoms with van der Waals surface area (Å²) in [6, 6.07) is 14.8. The Labute approximate surface area is 141 Å². The van der Waals surface area contributed by atoms with Gasteiger partial charge < -0.3 is 10.5 Å². The summed E-state index contributed by atoms with van der Waals surface area (Å²) in [5.74, 6) is 1.27. The van der Waals surface area contributed by atoms with E-state index in [-0.39, 0.29) is 11.1 Å². The normalized spacial score (nSPS) is 14.8. The lowest BCUT2D eigenvalue weighted by molar-refractivity contribution is 0.1000. The summed E-state index contributed by atoms with van der Waals surface area (Å²) < 4.78 is 5.79. The van der Waals surface area contributed by atoms with Crippen molar-refractivity contribution in [3.05, 3.63) is 59.2 Å². The van der Waals surface area contributed by atoms with Crippen LogP contribution in [-0.4, -0.2) is 5.91 Å². The number of ether oxygens (including phenoxy) is 1. The molecule has 0 aromatic heterocycles. The number of nitrogens with zero attached hydrogens (tertiary/aromatic N) is 1. The van der Waals surface area contributed by atoms with Crippen LogP contribution in [0.25, 0.3) is 0 Å². The van der Waals surface area contributed by atoms with Crippen LogP contribution in [0.3, 0.4) is 0 Å². The number of hydrogen-bond acceptors (Lipinski definition) is 3. The Morgan fingerprint density at radius 3 is 2.33 bits per heavy atom. The molecule has 122 valence electrons. The molecule has 3 rings (SSSR count). The molecule has 1 aliphatic rings. The monoisotopic (exact) mass is 320 g/mol. The minimum absolute atomic E-state index is 0.206. The molecule has 0 radical (unpaired) electrons. The van der Waals surface area contributed by atoms with E-state index in [9.17, 15) is 4.79 Å². The van der Waals surface area contributed by atoms with Crippen LogP contribution < -0.4 is 10.5 Å². The van der Waals surface area contributed by atoms with Crippen LogP contribution >= 0.6 is 0 Å². The van der Waals surface area contributed by atoms with Crippen molar-refractivity contribution in [1.29, 1.82) is 5.26 Å². The molecule has 1 aliphatic carbocycles. The lowest BCUT2D eigenvalue weighted by Crippen LogP contribution is -2.12. The summed E-state index contributed by atoms with van der Waals surface area (Å²) in [6.07, 6.45) is 6.50. The highest BCUT2D eigenvalue weighted by Crippen LogP contribution is 2.34. The Kier molecular flexibility index (Phi) is 4.81. The second-order valence-corrected chi connectivity index (χ2v) is 6.19. The van der Waals surface area contributed by atoms with E-state index in [1.54, 1.807) is 6.07 Å². The van der Waals surface area contributed by atoms with Crippen LogP contribution in [0.2, 0.25) is 0 Å². The molecule has 0 unspecified atom stereocenters. The van der Waals surface area contributed by atoms with Crippen LogP contribution in [0, 0.1) is 11.3 Å². The van der Waals surface area contributed by atoms with Crippen molar-refractivity contribution in [2.24, 2.45) is 5.73 Å². The lowest BCUT2D eigenvalue weighted by Gasteiger charge is -2.22. The number of rotatable bonds is 4. The molecule has 0 saturated heterocycles. The van der Waals surface area contributed by atoms with Gasteiger partial charge in [-0.1, -0.05) is 31.4 Å². The molecule has 2 N–H and O–H groups in total. The molecule has 0 atom stereocenters. The van der Waals surface area contributed by atoms with E-state index in [0.717, 1.165) is 0 Å². The molecule has 0 bridgehead atoms. The fourth-order valence-electron chi connectivity index (χ4n) is 3.27. The first-order valence-electron chi connectivity index (χ1n) is 8.29. The Hall–Kier alpha value is -2.80. The number of primary amides is 1. The van der Waals surface area contributed by atoms with E-state index < -0.39 is 5.91 Å². The van der Waals surface area contributed by atoms with Crippen molar-refractivity contribution in [2.45, 2.75) is 38.0 Å². The quantitative estimate of drug-likeness (QED) is 0.901. The van der Waals surface area contributed by atoms with Crippen molar-refractivity contribution in [1.82, 2.24) is 0 Å². The van der Waals surface area contributed by atoms with Gasteiger partial charge in [0.1, 0.15) is 17.6 Å². The van der Waals surface area contributed by atoms with Crippen LogP contribution in [0.15, 0.2) is 42.5 Å². The SMILES string of the molecule is N#Cc1cc(Oc2ccc(C3CCCCC3)cc2)ccc1C(N)=O. The minimum Gasteiger partial charge on any atom is -0.457 e. The van der Waals surface area contributed by atoms with E-state index in [2.05, 4.69) is 12.1 Å². The van der Waals surface area contributed by atoms with E-state index >= 15 is 0 Å². The van der Waals surface area contributed by atoms with Gasteiger partial charge >= 0.3 is 0 Å². The van der Waals surface area contributed by atoms with Crippen molar-refractivity contribution in [3.8, 4) is 17.6 Å². The third kappa shape index (κ3) is 3.57. The first kappa shape index (κ1) is 16.1. The predicted octanol–water partition coefficient (Wildman–Crippen LogP) is 4.50. The highest BCUT2D eigenvalue weighted by Gasteiger charge is 2.15. The van der Waals surface area contributed by atoms with E-state index in [1.165, 1.54) is 49.8 Å². The van der Waals surface area contributed by atoms with Gasteiger partial charge in [0.2, 0.25) is 5.91 Å². The maximum absolute atomic E-state index is 11.3. The molecule has 2 aromatic rings. The first-order chi connectivity index (χ1) is 11.7. The number of carbonyl (C=O) groups excluding carboxylic acids is 1. The summed E-state index contributed by atoms with van der Waals surface area (Å²) in [5.41, 5.74) is 7.04. The summed E-state index contributed by atoms with van der Waals surface area (Å²) in [5, 5.41) is 9.13. The number of nitrogens with two attached hydrogens (primary N) is 1. The highest BCUT2D eigenvalue weighted by atomic mass is 16.5. The Balaban J connectivity index is 1.74. The van der Waals surface area contributed by atoms with Crippen molar-refractivity contribution in [3.63, 3.8) is 0 Å². The number of amides is 1. The molecular formula is C20H20N2O2. The maximum Gasteiger partial charge on any atom is 0.250 e. The van der Waals surface area contributed by atoms with Crippen molar-refractivity contribution in [2.75, 3.05) is 0 Å². The number of hydrogen-bond donors (Lipinski definition) is 1.